The number of aliphatic carboxylic acids is 3. The number of rotatable bonds is 19. The van der Waals surface area contributed by atoms with Gasteiger partial charge in [0.05, 0.1) is 12.5 Å². The lowest BCUT2D eigenvalue weighted by Gasteiger charge is -2.28. The molecule has 0 aliphatic rings. The zero-order chi connectivity index (χ0) is 34.4. The van der Waals surface area contributed by atoms with Crippen LogP contribution in [-0.4, -0.2) is 92.2 Å². The maximum absolute atomic E-state index is 13.5. The molecule has 0 radical (unpaired) electrons. The average Bonchev–Trinajstić information content (AvgIpc) is 2.93. The van der Waals surface area contributed by atoms with Crippen molar-refractivity contribution in [2.75, 3.05) is 0 Å². The van der Waals surface area contributed by atoms with Crippen molar-refractivity contribution in [3.8, 4) is 5.75 Å². The van der Waals surface area contributed by atoms with E-state index < -0.39 is 84.1 Å². The molecule has 1 rings (SSSR count). The molecule has 16 heteroatoms. The van der Waals surface area contributed by atoms with Crippen LogP contribution in [0.2, 0.25) is 0 Å². The predicted octanol–water partition coefficient (Wildman–Crippen LogP) is -0.673. The summed E-state index contributed by atoms with van der Waals surface area (Å²) in [7, 11) is 0. The number of carboxylic acid groups (broad SMARTS) is 3. The highest BCUT2D eigenvalue weighted by Gasteiger charge is 2.33. The third kappa shape index (κ3) is 14.1. The van der Waals surface area contributed by atoms with Crippen molar-refractivity contribution in [3.05, 3.63) is 29.8 Å². The smallest absolute Gasteiger partial charge is 0.326 e. The largest absolute Gasteiger partial charge is 0.508 e. The van der Waals surface area contributed by atoms with Crippen molar-refractivity contribution >= 4 is 41.5 Å². The fraction of sp³-hybridized carbons (Fsp3) is 0.552. The molecule has 45 heavy (non-hydrogen) atoms. The van der Waals surface area contributed by atoms with E-state index in [4.69, 9.17) is 15.9 Å². The van der Waals surface area contributed by atoms with Gasteiger partial charge in [0.15, 0.2) is 0 Å². The van der Waals surface area contributed by atoms with Crippen molar-refractivity contribution in [1.29, 1.82) is 0 Å². The summed E-state index contributed by atoms with van der Waals surface area (Å²) >= 11 is 0. The molecule has 0 fully saturated rings. The van der Waals surface area contributed by atoms with Crippen molar-refractivity contribution in [1.82, 2.24) is 21.3 Å². The summed E-state index contributed by atoms with van der Waals surface area (Å²) in [6, 6.07) is -1.16. The van der Waals surface area contributed by atoms with E-state index in [1.54, 1.807) is 27.7 Å². The molecule has 250 valence electrons. The zero-order valence-electron chi connectivity index (χ0n) is 25.6. The van der Waals surface area contributed by atoms with E-state index in [1.165, 1.54) is 24.3 Å². The number of nitrogens with two attached hydrogens (primary N) is 1. The molecule has 0 aliphatic carbocycles. The quantitative estimate of drug-likeness (QED) is 0.0913. The van der Waals surface area contributed by atoms with E-state index in [-0.39, 0.29) is 37.4 Å². The third-order valence-electron chi connectivity index (χ3n) is 6.60. The number of benzene rings is 1. The maximum atomic E-state index is 13.5. The number of nitrogens with one attached hydrogen (secondary N) is 4. The number of carboxylic acids is 3. The average molecular weight is 638 g/mol. The van der Waals surface area contributed by atoms with E-state index in [9.17, 15) is 43.8 Å². The van der Waals surface area contributed by atoms with Crippen LogP contribution < -0.4 is 27.0 Å². The van der Waals surface area contributed by atoms with Gasteiger partial charge in [0, 0.05) is 12.8 Å². The molecule has 0 heterocycles. The molecule has 16 nitrogen and oxygen atoms in total. The zero-order valence-corrected chi connectivity index (χ0v) is 25.6. The molecular formula is C29H43N5O11. The summed E-state index contributed by atoms with van der Waals surface area (Å²) in [4.78, 5) is 86.1. The first-order valence-electron chi connectivity index (χ1n) is 14.3. The van der Waals surface area contributed by atoms with Crippen molar-refractivity contribution in [3.63, 3.8) is 0 Å². The van der Waals surface area contributed by atoms with E-state index in [0.717, 1.165) is 0 Å². The third-order valence-corrected chi connectivity index (χ3v) is 6.60. The number of carbonyl (C=O) groups is 7. The molecule has 0 saturated heterocycles. The second-order valence-corrected chi connectivity index (χ2v) is 11.4. The minimum absolute atomic E-state index is 0.0643. The van der Waals surface area contributed by atoms with Crippen LogP contribution >= 0.6 is 0 Å². The minimum Gasteiger partial charge on any atom is -0.508 e. The molecule has 0 spiro atoms. The van der Waals surface area contributed by atoms with Gasteiger partial charge in [-0.25, -0.2) is 4.79 Å². The van der Waals surface area contributed by atoms with Gasteiger partial charge in [-0.2, -0.15) is 0 Å². The summed E-state index contributed by atoms with van der Waals surface area (Å²) in [6.07, 6.45) is -1.52. The van der Waals surface area contributed by atoms with Crippen LogP contribution in [0.4, 0.5) is 0 Å². The Morgan fingerprint density at radius 1 is 0.711 bits per heavy atom. The first-order chi connectivity index (χ1) is 20.9. The Hall–Kier alpha value is -4.73. The summed E-state index contributed by atoms with van der Waals surface area (Å²) in [5.41, 5.74) is 6.23. The van der Waals surface area contributed by atoms with Crippen molar-refractivity contribution < 1.29 is 54.0 Å². The molecule has 1 aromatic carbocycles. The van der Waals surface area contributed by atoms with Gasteiger partial charge >= 0.3 is 17.9 Å². The Bertz CT molecular complexity index is 1220. The number of aromatic hydroxyl groups is 1. The SMILES string of the molecule is CC(C)C[C@H](NC(=O)[C@@H](NC(=O)[C@@H](N)CCC(=O)O)C(C)C)C(=O)N[C@@H](Cc1ccc(O)cc1)C(=O)N[C@@H](CC(=O)O)C(=O)O. The number of phenols is 1. The molecule has 0 saturated carbocycles. The van der Waals surface area contributed by atoms with Crippen LogP contribution in [0.15, 0.2) is 24.3 Å². The minimum atomic E-state index is -1.79. The first kappa shape index (κ1) is 38.3. The highest BCUT2D eigenvalue weighted by Crippen LogP contribution is 2.13. The standard InChI is InChI=1S/C29H43N5O11/c1-14(2)11-19(32-28(43)24(15(3)4)34-25(40)18(30)9-10-22(36)37)26(41)31-20(12-16-5-7-17(35)8-6-16)27(42)33-21(29(44)45)13-23(38)39/h5-8,14-15,18-21,24,35H,9-13,30H2,1-4H3,(H,31,41)(H,32,43)(H,33,42)(H,34,40)(H,36,37)(H,38,39)(H,44,45)/t18-,19-,20-,21-,24-/m0/s1. The molecule has 1 aromatic rings. The highest BCUT2D eigenvalue weighted by molar-refractivity contribution is 5.96. The van der Waals surface area contributed by atoms with Crippen LogP contribution in [-0.2, 0) is 40.0 Å². The number of carbonyl (C=O) groups excluding carboxylic acids is 4. The Morgan fingerprint density at radius 2 is 1.24 bits per heavy atom. The van der Waals surface area contributed by atoms with E-state index in [2.05, 4.69) is 21.3 Å². The summed E-state index contributed by atoms with van der Waals surface area (Å²) < 4.78 is 0. The van der Waals surface area contributed by atoms with Gasteiger partial charge < -0.3 is 47.4 Å². The van der Waals surface area contributed by atoms with Crippen LogP contribution in [0.3, 0.4) is 0 Å². The number of amides is 4. The van der Waals surface area contributed by atoms with E-state index >= 15 is 0 Å². The molecule has 0 unspecified atom stereocenters. The fourth-order valence-electron chi connectivity index (χ4n) is 4.17. The Balaban J connectivity index is 3.23. The monoisotopic (exact) mass is 637 g/mol. The van der Waals surface area contributed by atoms with Crippen LogP contribution in [0.1, 0.15) is 58.9 Å². The lowest BCUT2D eigenvalue weighted by molar-refractivity contribution is -0.147. The molecule has 10 N–H and O–H groups in total. The molecule has 0 aliphatic heterocycles. The van der Waals surface area contributed by atoms with Crippen LogP contribution in [0, 0.1) is 11.8 Å². The predicted molar refractivity (Wildman–Crippen MR) is 159 cm³/mol. The van der Waals surface area contributed by atoms with Gasteiger partial charge in [-0.05, 0) is 42.4 Å². The molecule has 0 bridgehead atoms. The topological polar surface area (TPSA) is 275 Å². The van der Waals surface area contributed by atoms with E-state index in [1.807, 2.05) is 0 Å². The number of hydrogen-bond donors (Lipinski definition) is 9. The fourth-order valence-corrected chi connectivity index (χ4v) is 4.17. The molecule has 5 atom stereocenters. The summed E-state index contributed by atoms with van der Waals surface area (Å²) in [6.45, 7) is 6.83. The lowest BCUT2D eigenvalue weighted by Crippen LogP contribution is -2.60. The lowest BCUT2D eigenvalue weighted by atomic mass is 9.98. The number of phenolic OH excluding ortho intramolecular Hbond substituents is 1. The van der Waals surface area contributed by atoms with Crippen LogP contribution in [0.25, 0.3) is 0 Å². The maximum Gasteiger partial charge on any atom is 0.326 e. The molecule has 4 amide bonds. The van der Waals surface area contributed by atoms with Crippen LogP contribution in [0.5, 0.6) is 5.75 Å². The normalized spacial score (nSPS) is 14.4. The number of hydrogen-bond acceptors (Lipinski definition) is 9. The Labute approximate surface area is 260 Å². The van der Waals surface area contributed by atoms with Gasteiger partial charge in [0.1, 0.15) is 29.9 Å². The Kier molecular flexibility index (Phi) is 15.5. The highest BCUT2D eigenvalue weighted by atomic mass is 16.4. The van der Waals surface area contributed by atoms with Gasteiger partial charge in [-0.15, -0.1) is 0 Å². The molecule has 0 aromatic heterocycles. The second kappa shape index (κ2) is 18.2. The molecular weight excluding hydrogens is 594 g/mol. The summed E-state index contributed by atoms with van der Waals surface area (Å²) in [5, 5.41) is 46.6. The first-order valence-corrected chi connectivity index (χ1v) is 14.3. The van der Waals surface area contributed by atoms with Gasteiger partial charge in [0.25, 0.3) is 0 Å². The van der Waals surface area contributed by atoms with E-state index in [0.29, 0.717) is 5.56 Å². The second-order valence-electron chi connectivity index (χ2n) is 11.4. The van der Waals surface area contributed by atoms with Gasteiger partial charge in [0.2, 0.25) is 23.6 Å². The van der Waals surface area contributed by atoms with Crippen molar-refractivity contribution in [2.45, 2.75) is 90.0 Å². The van der Waals surface area contributed by atoms with Gasteiger partial charge in [-0.3, -0.25) is 28.8 Å². The Morgan fingerprint density at radius 3 is 1.73 bits per heavy atom. The van der Waals surface area contributed by atoms with Gasteiger partial charge in [-0.1, -0.05) is 39.8 Å². The van der Waals surface area contributed by atoms with Crippen molar-refractivity contribution in [2.24, 2.45) is 17.6 Å². The summed E-state index contributed by atoms with van der Waals surface area (Å²) in [5.74, 6) is -8.21.